The van der Waals surface area contributed by atoms with Gasteiger partial charge in [-0.3, -0.25) is 0 Å². The van der Waals surface area contributed by atoms with E-state index in [9.17, 15) is 0 Å². The lowest BCUT2D eigenvalue weighted by Gasteiger charge is -2.10. The Balaban J connectivity index is 2.84. The molecule has 0 unspecified atom stereocenters. The van der Waals surface area contributed by atoms with Crippen LogP contribution in [-0.4, -0.2) is 30.2 Å². The van der Waals surface area contributed by atoms with Crippen LogP contribution >= 0.6 is 0 Å². The first-order chi connectivity index (χ1) is 8.17. The summed E-state index contributed by atoms with van der Waals surface area (Å²) in [5, 5.41) is 17.4. The molecule has 0 aromatic heterocycles. The summed E-state index contributed by atoms with van der Waals surface area (Å²) in [4.78, 5) is 0. The predicted octanol–water partition coefficient (Wildman–Crippen LogP) is 1.81. The van der Waals surface area contributed by atoms with E-state index in [0.717, 1.165) is 12.0 Å². The fourth-order valence-corrected chi connectivity index (χ4v) is 1.32. The minimum absolute atomic E-state index is 0.632. The summed E-state index contributed by atoms with van der Waals surface area (Å²) in [6.45, 7) is 2.67. The van der Waals surface area contributed by atoms with E-state index in [-0.39, 0.29) is 0 Å². The lowest BCUT2D eigenvalue weighted by molar-refractivity contribution is 0.00304. The number of aliphatic hydroxyl groups excluding tert-OH is 1. The molecule has 1 aromatic rings. The second kappa shape index (κ2) is 6.93. The van der Waals surface area contributed by atoms with Gasteiger partial charge < -0.3 is 19.7 Å². The average molecular weight is 238 g/mol. The van der Waals surface area contributed by atoms with Crippen LogP contribution < -0.4 is 9.47 Å². The summed E-state index contributed by atoms with van der Waals surface area (Å²) in [5.41, 5.74) is 0.818. The number of rotatable bonds is 6. The maximum Gasteiger partial charge on any atom is 0.171 e. The maximum atomic E-state index is 8.72. The lowest BCUT2D eigenvalue weighted by Crippen LogP contribution is -1.98. The van der Waals surface area contributed by atoms with E-state index < -0.39 is 6.29 Å². The highest BCUT2D eigenvalue weighted by Crippen LogP contribution is 2.28. The average Bonchev–Trinajstić information content (AvgIpc) is 2.34. The van der Waals surface area contributed by atoms with Gasteiger partial charge in [0.1, 0.15) is 0 Å². The Morgan fingerprint density at radius 2 is 2.06 bits per heavy atom. The van der Waals surface area contributed by atoms with Gasteiger partial charge >= 0.3 is 0 Å². The maximum absolute atomic E-state index is 8.72. The van der Waals surface area contributed by atoms with Crippen molar-refractivity contribution in [2.45, 2.75) is 19.6 Å². The van der Waals surface area contributed by atoms with Crippen LogP contribution in [0.2, 0.25) is 0 Å². The van der Waals surface area contributed by atoms with Gasteiger partial charge in [-0.15, -0.1) is 0 Å². The van der Waals surface area contributed by atoms with Gasteiger partial charge in [0.2, 0.25) is 0 Å². The first-order valence-corrected chi connectivity index (χ1v) is 5.52. The highest BCUT2D eigenvalue weighted by Gasteiger charge is 2.04. The highest BCUT2D eigenvalue weighted by molar-refractivity contribution is 5.56. The summed E-state index contributed by atoms with van der Waals surface area (Å²) in [6, 6.07) is 5.41. The van der Waals surface area contributed by atoms with Crippen LogP contribution in [0, 0.1) is 0 Å². The largest absolute Gasteiger partial charge is 0.493 e. The van der Waals surface area contributed by atoms with Crippen molar-refractivity contribution in [3.8, 4) is 11.5 Å². The molecule has 0 saturated carbocycles. The van der Waals surface area contributed by atoms with E-state index in [4.69, 9.17) is 19.7 Å². The summed E-state index contributed by atoms with van der Waals surface area (Å²) in [6.07, 6.45) is 2.37. The Hall–Kier alpha value is -1.52. The van der Waals surface area contributed by atoms with E-state index >= 15 is 0 Å². The minimum Gasteiger partial charge on any atom is -0.493 e. The Morgan fingerprint density at radius 1 is 1.29 bits per heavy atom. The zero-order chi connectivity index (χ0) is 12.7. The Morgan fingerprint density at radius 3 is 2.65 bits per heavy atom. The molecule has 0 amide bonds. The van der Waals surface area contributed by atoms with Crippen LogP contribution in [0.15, 0.2) is 24.3 Å². The molecule has 0 atom stereocenters. The zero-order valence-corrected chi connectivity index (χ0v) is 10.1. The second-order valence-corrected chi connectivity index (χ2v) is 3.53. The van der Waals surface area contributed by atoms with Gasteiger partial charge in [0.25, 0.3) is 0 Å². The summed E-state index contributed by atoms with van der Waals surface area (Å²) in [7, 11) is 1.57. The smallest absolute Gasteiger partial charge is 0.171 e. The molecule has 4 heteroatoms. The topological polar surface area (TPSA) is 58.9 Å². The van der Waals surface area contributed by atoms with Gasteiger partial charge in [-0.25, -0.2) is 0 Å². The summed E-state index contributed by atoms with van der Waals surface area (Å²) in [5.74, 6) is 1.32. The van der Waals surface area contributed by atoms with Gasteiger partial charge in [0.15, 0.2) is 17.8 Å². The molecule has 0 aliphatic heterocycles. The Labute approximate surface area is 101 Å². The fraction of sp³-hybridized carbons (Fsp3) is 0.385. The number of ether oxygens (including phenoxy) is 2. The third-order valence-electron chi connectivity index (χ3n) is 2.11. The molecule has 0 spiro atoms. The molecule has 1 aromatic carbocycles. The number of hydrogen-bond acceptors (Lipinski definition) is 4. The molecule has 94 valence electrons. The highest BCUT2D eigenvalue weighted by atomic mass is 16.5. The second-order valence-electron chi connectivity index (χ2n) is 3.53. The molecule has 0 bridgehead atoms. The van der Waals surface area contributed by atoms with Gasteiger partial charge in [-0.05, 0) is 30.2 Å². The van der Waals surface area contributed by atoms with Crippen LogP contribution in [0.3, 0.4) is 0 Å². The summed E-state index contributed by atoms with van der Waals surface area (Å²) >= 11 is 0. The molecule has 4 nitrogen and oxygen atoms in total. The molecule has 0 aliphatic carbocycles. The van der Waals surface area contributed by atoms with Crippen LogP contribution in [0.4, 0.5) is 0 Å². The van der Waals surface area contributed by atoms with Gasteiger partial charge in [0.05, 0.1) is 13.7 Å². The van der Waals surface area contributed by atoms with Crippen LogP contribution in [0.25, 0.3) is 6.08 Å². The molecule has 0 saturated heterocycles. The van der Waals surface area contributed by atoms with Crippen molar-refractivity contribution < 1.29 is 19.7 Å². The molecule has 1 rings (SSSR count). The Kier molecular flexibility index (Phi) is 5.52. The van der Waals surface area contributed by atoms with Crippen LogP contribution in [0.5, 0.6) is 11.5 Å². The normalized spacial score (nSPS) is 11.1. The Bertz CT molecular complexity index is 372. The first-order valence-electron chi connectivity index (χ1n) is 5.52. The molecular formula is C13H18O4. The lowest BCUT2D eigenvalue weighted by atomic mass is 10.2. The van der Waals surface area contributed by atoms with Crippen molar-refractivity contribution in [2.24, 2.45) is 0 Å². The fourth-order valence-electron chi connectivity index (χ4n) is 1.32. The summed E-state index contributed by atoms with van der Waals surface area (Å²) < 4.78 is 10.7. The quantitative estimate of drug-likeness (QED) is 0.742. The number of methoxy groups -OCH3 is 1. The molecule has 17 heavy (non-hydrogen) atoms. The van der Waals surface area contributed by atoms with E-state index in [2.05, 4.69) is 0 Å². The molecule has 0 radical (unpaired) electrons. The molecular weight excluding hydrogens is 220 g/mol. The van der Waals surface area contributed by atoms with Crippen molar-refractivity contribution in [1.82, 2.24) is 0 Å². The van der Waals surface area contributed by atoms with Gasteiger partial charge in [-0.2, -0.15) is 0 Å². The minimum atomic E-state index is -1.45. The number of hydrogen-bond donors (Lipinski definition) is 2. The third-order valence-corrected chi connectivity index (χ3v) is 2.11. The van der Waals surface area contributed by atoms with Crippen molar-refractivity contribution in [1.29, 1.82) is 0 Å². The van der Waals surface area contributed by atoms with Gasteiger partial charge in [0, 0.05) is 0 Å². The standard InChI is InChI=1S/C13H18O4/c1-3-8-17-11-6-4-10(5-7-13(14)15)9-12(11)16-2/h4-7,9,13-15H,3,8H2,1-2H3/b7-5+. The first kappa shape index (κ1) is 13.5. The predicted molar refractivity (Wildman–Crippen MR) is 66.0 cm³/mol. The van der Waals surface area contributed by atoms with E-state index in [1.54, 1.807) is 25.3 Å². The zero-order valence-electron chi connectivity index (χ0n) is 10.1. The monoisotopic (exact) mass is 238 g/mol. The van der Waals surface area contributed by atoms with E-state index in [1.165, 1.54) is 6.08 Å². The van der Waals surface area contributed by atoms with Crippen molar-refractivity contribution >= 4 is 6.08 Å². The third kappa shape index (κ3) is 4.46. The van der Waals surface area contributed by atoms with E-state index in [1.807, 2.05) is 13.0 Å². The van der Waals surface area contributed by atoms with Crippen LogP contribution in [0.1, 0.15) is 18.9 Å². The van der Waals surface area contributed by atoms with Crippen molar-refractivity contribution in [3.05, 3.63) is 29.8 Å². The van der Waals surface area contributed by atoms with Crippen molar-refractivity contribution in [2.75, 3.05) is 13.7 Å². The number of aliphatic hydroxyl groups is 2. The SMILES string of the molecule is CCCOc1ccc(/C=C/C(O)O)cc1OC. The molecule has 0 fully saturated rings. The molecule has 2 N–H and O–H groups in total. The van der Waals surface area contributed by atoms with E-state index in [0.29, 0.717) is 18.1 Å². The van der Waals surface area contributed by atoms with Crippen LogP contribution in [-0.2, 0) is 0 Å². The van der Waals surface area contributed by atoms with Crippen molar-refractivity contribution in [3.63, 3.8) is 0 Å². The molecule has 0 aliphatic rings. The number of benzene rings is 1. The van der Waals surface area contributed by atoms with Gasteiger partial charge in [-0.1, -0.05) is 19.1 Å². The molecule has 0 heterocycles.